The van der Waals surface area contributed by atoms with E-state index in [1.165, 1.54) is 0 Å². The number of benzene rings is 2. The molecule has 0 spiro atoms. The van der Waals surface area contributed by atoms with E-state index >= 15 is 0 Å². The average Bonchev–Trinajstić information content (AvgIpc) is 2.42. The van der Waals surface area contributed by atoms with Gasteiger partial charge in [0.15, 0.2) is 0 Å². The van der Waals surface area contributed by atoms with Crippen LogP contribution in [-0.2, 0) is 0 Å². The number of hydrogen-bond acceptors (Lipinski definition) is 2. The zero-order chi connectivity index (χ0) is 12.4. The van der Waals surface area contributed by atoms with Gasteiger partial charge in [-0.2, -0.15) is 0 Å². The zero-order valence-electron chi connectivity index (χ0n) is 9.60. The predicted octanol–water partition coefficient (Wildman–Crippen LogP) is 4.63. The molecule has 88 valence electrons. The van der Waals surface area contributed by atoms with Crippen molar-refractivity contribution in [2.24, 2.45) is 0 Å². The molecule has 0 amide bonds. The van der Waals surface area contributed by atoms with Crippen molar-refractivity contribution >= 4 is 33.9 Å². The van der Waals surface area contributed by atoms with Crippen LogP contribution in [0.3, 0.4) is 0 Å². The fraction of sp³-hybridized carbons (Fsp3) is 0. The van der Waals surface area contributed by atoms with Crippen molar-refractivity contribution < 1.29 is 0 Å². The Kier molecular flexibility index (Phi) is 2.87. The molecular weight excluding hydrogens is 244 g/mol. The SMILES string of the molecule is Clc1ccccc1Nc1nccc2ccccc12. The molecule has 3 heteroatoms. The number of fused-ring (bicyclic) bond motifs is 1. The van der Waals surface area contributed by atoms with Crippen molar-refractivity contribution in [2.45, 2.75) is 0 Å². The first kappa shape index (κ1) is 11.1. The molecule has 0 aliphatic carbocycles. The number of rotatable bonds is 2. The summed E-state index contributed by atoms with van der Waals surface area (Å²) in [5, 5.41) is 6.20. The third-order valence-corrected chi connectivity index (χ3v) is 3.13. The molecule has 0 radical (unpaired) electrons. The van der Waals surface area contributed by atoms with E-state index in [-0.39, 0.29) is 0 Å². The maximum atomic E-state index is 6.14. The second kappa shape index (κ2) is 4.67. The molecule has 18 heavy (non-hydrogen) atoms. The Morgan fingerprint density at radius 1 is 0.889 bits per heavy atom. The Bertz CT molecular complexity index is 689. The van der Waals surface area contributed by atoms with Gasteiger partial charge < -0.3 is 5.32 Å². The normalized spacial score (nSPS) is 10.5. The van der Waals surface area contributed by atoms with Gasteiger partial charge in [0.2, 0.25) is 0 Å². The van der Waals surface area contributed by atoms with Crippen LogP contribution in [-0.4, -0.2) is 4.98 Å². The standard InChI is InChI=1S/C15H11ClN2/c16-13-7-3-4-8-14(13)18-15-12-6-2-1-5-11(12)9-10-17-15/h1-10H,(H,17,18). The Balaban J connectivity index is 2.08. The summed E-state index contributed by atoms with van der Waals surface area (Å²) in [6.45, 7) is 0. The quantitative estimate of drug-likeness (QED) is 0.721. The van der Waals surface area contributed by atoms with Gasteiger partial charge in [-0.05, 0) is 23.6 Å². The highest BCUT2D eigenvalue weighted by atomic mass is 35.5. The molecule has 0 atom stereocenters. The van der Waals surface area contributed by atoms with Gasteiger partial charge >= 0.3 is 0 Å². The minimum atomic E-state index is 0.687. The van der Waals surface area contributed by atoms with Crippen LogP contribution in [0.1, 0.15) is 0 Å². The highest BCUT2D eigenvalue weighted by molar-refractivity contribution is 6.33. The van der Waals surface area contributed by atoms with E-state index in [0.717, 1.165) is 22.3 Å². The maximum Gasteiger partial charge on any atom is 0.138 e. The molecule has 1 N–H and O–H groups in total. The molecule has 0 bridgehead atoms. The highest BCUT2D eigenvalue weighted by Gasteiger charge is 2.04. The summed E-state index contributed by atoms with van der Waals surface area (Å²) in [6.07, 6.45) is 1.79. The average molecular weight is 255 g/mol. The lowest BCUT2D eigenvalue weighted by molar-refractivity contribution is 1.34. The third-order valence-electron chi connectivity index (χ3n) is 2.80. The molecular formula is C15H11ClN2. The van der Waals surface area contributed by atoms with Gasteiger partial charge in [-0.3, -0.25) is 0 Å². The van der Waals surface area contributed by atoms with Crippen molar-refractivity contribution in [2.75, 3.05) is 5.32 Å². The smallest absolute Gasteiger partial charge is 0.138 e. The minimum Gasteiger partial charge on any atom is -0.339 e. The Morgan fingerprint density at radius 3 is 2.56 bits per heavy atom. The first-order valence-corrected chi connectivity index (χ1v) is 6.08. The molecule has 0 unspecified atom stereocenters. The molecule has 3 aromatic rings. The Morgan fingerprint density at radius 2 is 1.67 bits per heavy atom. The topological polar surface area (TPSA) is 24.9 Å². The third kappa shape index (κ3) is 2.03. The van der Waals surface area contributed by atoms with Gasteiger partial charge in [0.05, 0.1) is 10.7 Å². The van der Waals surface area contributed by atoms with Crippen LogP contribution in [0.4, 0.5) is 11.5 Å². The molecule has 0 aliphatic heterocycles. The van der Waals surface area contributed by atoms with Crippen LogP contribution in [0.5, 0.6) is 0 Å². The molecule has 2 aromatic carbocycles. The van der Waals surface area contributed by atoms with E-state index in [9.17, 15) is 0 Å². The lowest BCUT2D eigenvalue weighted by Gasteiger charge is -2.09. The summed E-state index contributed by atoms with van der Waals surface area (Å²) < 4.78 is 0. The molecule has 2 nitrogen and oxygen atoms in total. The largest absolute Gasteiger partial charge is 0.339 e. The lowest BCUT2D eigenvalue weighted by atomic mass is 10.1. The molecule has 0 saturated carbocycles. The van der Waals surface area contributed by atoms with E-state index in [2.05, 4.69) is 16.4 Å². The molecule has 0 fully saturated rings. The number of halogens is 1. The number of anilines is 2. The number of nitrogens with one attached hydrogen (secondary N) is 1. The van der Waals surface area contributed by atoms with Crippen LogP contribution in [0.15, 0.2) is 60.8 Å². The Labute approximate surface area is 110 Å². The minimum absolute atomic E-state index is 0.687. The van der Waals surface area contributed by atoms with Crippen molar-refractivity contribution in [3.05, 3.63) is 65.8 Å². The van der Waals surface area contributed by atoms with E-state index < -0.39 is 0 Å². The zero-order valence-corrected chi connectivity index (χ0v) is 10.4. The van der Waals surface area contributed by atoms with E-state index in [1.807, 2.05) is 48.5 Å². The summed E-state index contributed by atoms with van der Waals surface area (Å²) in [5.74, 6) is 0.821. The van der Waals surface area contributed by atoms with Gasteiger partial charge in [0, 0.05) is 11.6 Å². The van der Waals surface area contributed by atoms with Crippen LogP contribution >= 0.6 is 11.6 Å². The van der Waals surface area contributed by atoms with Gasteiger partial charge in [0.1, 0.15) is 5.82 Å². The van der Waals surface area contributed by atoms with Crippen LogP contribution in [0.2, 0.25) is 5.02 Å². The number of pyridine rings is 1. The van der Waals surface area contributed by atoms with Crippen molar-refractivity contribution in [3.63, 3.8) is 0 Å². The van der Waals surface area contributed by atoms with Gasteiger partial charge in [-0.15, -0.1) is 0 Å². The number of hydrogen-bond donors (Lipinski definition) is 1. The van der Waals surface area contributed by atoms with Gasteiger partial charge in [0.25, 0.3) is 0 Å². The summed E-state index contributed by atoms with van der Waals surface area (Å²) in [6, 6.07) is 17.8. The van der Waals surface area contributed by atoms with E-state index in [0.29, 0.717) is 5.02 Å². The summed E-state index contributed by atoms with van der Waals surface area (Å²) in [4.78, 5) is 4.37. The fourth-order valence-electron chi connectivity index (χ4n) is 1.91. The van der Waals surface area contributed by atoms with E-state index in [1.54, 1.807) is 6.20 Å². The number of para-hydroxylation sites is 1. The van der Waals surface area contributed by atoms with Crippen molar-refractivity contribution in [3.8, 4) is 0 Å². The predicted molar refractivity (Wildman–Crippen MR) is 76.5 cm³/mol. The fourth-order valence-corrected chi connectivity index (χ4v) is 2.09. The van der Waals surface area contributed by atoms with Crippen LogP contribution < -0.4 is 5.32 Å². The van der Waals surface area contributed by atoms with Crippen molar-refractivity contribution in [1.82, 2.24) is 4.98 Å². The van der Waals surface area contributed by atoms with Crippen LogP contribution in [0, 0.1) is 0 Å². The molecule has 1 aromatic heterocycles. The maximum absolute atomic E-state index is 6.14. The summed E-state index contributed by atoms with van der Waals surface area (Å²) >= 11 is 6.14. The lowest BCUT2D eigenvalue weighted by Crippen LogP contribution is -1.94. The number of aromatic nitrogens is 1. The summed E-state index contributed by atoms with van der Waals surface area (Å²) in [7, 11) is 0. The van der Waals surface area contributed by atoms with E-state index in [4.69, 9.17) is 11.6 Å². The molecule has 0 aliphatic rings. The first-order chi connectivity index (χ1) is 8.84. The first-order valence-electron chi connectivity index (χ1n) is 5.70. The monoisotopic (exact) mass is 254 g/mol. The van der Waals surface area contributed by atoms with Crippen LogP contribution in [0.25, 0.3) is 10.8 Å². The molecule has 0 saturated heterocycles. The summed E-state index contributed by atoms with van der Waals surface area (Å²) in [5.41, 5.74) is 0.864. The molecule has 1 heterocycles. The Hall–Kier alpha value is -2.06. The van der Waals surface area contributed by atoms with Gasteiger partial charge in [-0.1, -0.05) is 48.0 Å². The number of nitrogens with zero attached hydrogens (tertiary/aromatic N) is 1. The second-order valence-corrected chi connectivity index (χ2v) is 4.39. The second-order valence-electron chi connectivity index (χ2n) is 3.99. The van der Waals surface area contributed by atoms with Crippen molar-refractivity contribution in [1.29, 1.82) is 0 Å². The molecule has 3 rings (SSSR count). The van der Waals surface area contributed by atoms with Gasteiger partial charge in [-0.25, -0.2) is 4.98 Å². The highest BCUT2D eigenvalue weighted by Crippen LogP contribution is 2.27.